The fourth-order valence-electron chi connectivity index (χ4n) is 3.90. The van der Waals surface area contributed by atoms with Crippen LogP contribution in [-0.2, 0) is 6.42 Å². The predicted molar refractivity (Wildman–Crippen MR) is 104 cm³/mol. The Morgan fingerprint density at radius 1 is 1.15 bits per heavy atom. The van der Waals surface area contributed by atoms with Gasteiger partial charge in [-0.1, -0.05) is 35.5 Å². The molecular formula is C20H22ClFN2OS. The SMILES string of the molecule is OCCN1CCN([C@H]2Cc3cc(Cl)ccc3Sc3c(F)cccc32)CC1. The molecule has 0 saturated carbocycles. The van der Waals surface area contributed by atoms with E-state index in [1.165, 1.54) is 17.3 Å². The second-order valence-electron chi connectivity index (χ2n) is 6.83. The van der Waals surface area contributed by atoms with Crippen molar-refractivity contribution in [3.05, 3.63) is 58.4 Å². The number of hydrogen-bond acceptors (Lipinski definition) is 4. The molecule has 2 aromatic carbocycles. The molecule has 0 amide bonds. The number of aliphatic hydroxyl groups excluding tert-OH is 1. The van der Waals surface area contributed by atoms with E-state index >= 15 is 0 Å². The van der Waals surface area contributed by atoms with Gasteiger partial charge in [-0.2, -0.15) is 0 Å². The van der Waals surface area contributed by atoms with Crippen molar-refractivity contribution in [2.75, 3.05) is 39.3 Å². The predicted octanol–water partition coefficient (Wildman–Crippen LogP) is 3.84. The molecule has 0 aliphatic carbocycles. The van der Waals surface area contributed by atoms with Crippen LogP contribution in [0.15, 0.2) is 46.2 Å². The highest BCUT2D eigenvalue weighted by Crippen LogP contribution is 2.44. The summed E-state index contributed by atoms with van der Waals surface area (Å²) in [4.78, 5) is 6.54. The van der Waals surface area contributed by atoms with Crippen molar-refractivity contribution in [2.45, 2.75) is 22.3 Å². The molecule has 0 bridgehead atoms. The van der Waals surface area contributed by atoms with Crippen LogP contribution in [0.25, 0.3) is 0 Å². The Morgan fingerprint density at radius 2 is 1.96 bits per heavy atom. The van der Waals surface area contributed by atoms with Crippen LogP contribution >= 0.6 is 23.4 Å². The first-order valence-corrected chi connectivity index (χ1v) is 10.2. The quantitative estimate of drug-likeness (QED) is 0.858. The third kappa shape index (κ3) is 3.64. The van der Waals surface area contributed by atoms with Crippen LogP contribution in [0.4, 0.5) is 4.39 Å². The van der Waals surface area contributed by atoms with E-state index in [2.05, 4.69) is 15.9 Å². The van der Waals surface area contributed by atoms with Gasteiger partial charge in [-0.05, 0) is 41.8 Å². The topological polar surface area (TPSA) is 26.7 Å². The zero-order valence-electron chi connectivity index (χ0n) is 14.5. The maximum atomic E-state index is 14.6. The molecule has 0 radical (unpaired) electrons. The summed E-state index contributed by atoms with van der Waals surface area (Å²) in [6, 6.07) is 11.5. The molecule has 4 rings (SSSR count). The lowest BCUT2D eigenvalue weighted by molar-refractivity contribution is 0.0821. The van der Waals surface area contributed by atoms with Gasteiger partial charge in [0.1, 0.15) is 5.82 Å². The molecule has 1 saturated heterocycles. The average molecular weight is 393 g/mol. The van der Waals surface area contributed by atoms with Gasteiger partial charge < -0.3 is 5.11 Å². The molecule has 0 spiro atoms. The Hall–Kier alpha value is -1.11. The van der Waals surface area contributed by atoms with Crippen LogP contribution < -0.4 is 0 Å². The normalized spacial score (nSPS) is 21.1. The van der Waals surface area contributed by atoms with Crippen molar-refractivity contribution in [3.8, 4) is 0 Å². The summed E-state index contributed by atoms with van der Waals surface area (Å²) in [6.45, 7) is 4.61. The number of piperazine rings is 1. The molecule has 2 heterocycles. The summed E-state index contributed by atoms with van der Waals surface area (Å²) in [5.74, 6) is -0.154. The van der Waals surface area contributed by atoms with Gasteiger partial charge in [0, 0.05) is 48.7 Å². The third-order valence-electron chi connectivity index (χ3n) is 5.27. The van der Waals surface area contributed by atoms with E-state index in [-0.39, 0.29) is 18.5 Å². The number of nitrogens with zero attached hydrogens (tertiary/aromatic N) is 2. The van der Waals surface area contributed by atoms with E-state index in [4.69, 9.17) is 16.7 Å². The van der Waals surface area contributed by atoms with E-state index in [1.54, 1.807) is 6.07 Å². The molecule has 6 heteroatoms. The Morgan fingerprint density at radius 3 is 2.73 bits per heavy atom. The zero-order valence-corrected chi connectivity index (χ0v) is 16.1. The molecule has 2 aliphatic heterocycles. The monoisotopic (exact) mass is 392 g/mol. The number of β-amino-alcohol motifs (C(OH)–C–C–N with tert-alkyl or cyclic N) is 1. The Bertz CT molecular complexity index is 795. The highest BCUT2D eigenvalue weighted by atomic mass is 35.5. The summed E-state index contributed by atoms with van der Waals surface area (Å²) < 4.78 is 14.6. The summed E-state index contributed by atoms with van der Waals surface area (Å²) in [5.41, 5.74) is 2.25. The molecule has 1 atom stereocenters. The Balaban J connectivity index is 1.68. The van der Waals surface area contributed by atoms with Crippen molar-refractivity contribution in [3.63, 3.8) is 0 Å². The fraction of sp³-hybridized carbons (Fsp3) is 0.400. The van der Waals surface area contributed by atoms with Crippen LogP contribution in [0, 0.1) is 5.82 Å². The van der Waals surface area contributed by atoms with Gasteiger partial charge in [0.15, 0.2) is 0 Å². The van der Waals surface area contributed by atoms with Crippen molar-refractivity contribution >= 4 is 23.4 Å². The standard InChI is InChI=1S/C20H22ClFN2OS/c21-15-4-5-19-14(12-15)13-18(16-2-1-3-17(22)20(16)26-19)24-8-6-23(7-9-24)10-11-25/h1-5,12,18,25H,6-11,13H2/t18-/m0/s1. The second-order valence-corrected chi connectivity index (χ2v) is 8.32. The van der Waals surface area contributed by atoms with E-state index < -0.39 is 0 Å². The maximum Gasteiger partial charge on any atom is 0.137 e. The second kappa shape index (κ2) is 7.87. The first kappa shape index (κ1) is 18.3. The number of hydrogen-bond donors (Lipinski definition) is 1. The highest BCUT2D eigenvalue weighted by molar-refractivity contribution is 7.99. The number of fused-ring (bicyclic) bond motifs is 2. The number of rotatable bonds is 3. The minimum atomic E-state index is -0.154. The molecular weight excluding hydrogens is 371 g/mol. The van der Waals surface area contributed by atoms with E-state index in [1.807, 2.05) is 24.3 Å². The van der Waals surface area contributed by atoms with Crippen molar-refractivity contribution < 1.29 is 9.50 Å². The van der Waals surface area contributed by atoms with Crippen LogP contribution in [0.5, 0.6) is 0 Å². The van der Waals surface area contributed by atoms with Crippen LogP contribution in [0.3, 0.4) is 0 Å². The molecule has 1 fully saturated rings. The first-order valence-electron chi connectivity index (χ1n) is 8.97. The summed E-state index contributed by atoms with van der Waals surface area (Å²) >= 11 is 7.74. The van der Waals surface area contributed by atoms with Crippen molar-refractivity contribution in [2.24, 2.45) is 0 Å². The van der Waals surface area contributed by atoms with Gasteiger partial charge >= 0.3 is 0 Å². The summed E-state index contributed by atoms with van der Waals surface area (Å²) in [6.07, 6.45) is 0.833. The Labute approximate surface area is 162 Å². The van der Waals surface area contributed by atoms with Gasteiger partial charge in [0.2, 0.25) is 0 Å². The van der Waals surface area contributed by atoms with Gasteiger partial charge in [0.05, 0.1) is 11.5 Å². The van der Waals surface area contributed by atoms with E-state index in [0.717, 1.165) is 59.5 Å². The zero-order chi connectivity index (χ0) is 18.1. The molecule has 0 unspecified atom stereocenters. The minimum absolute atomic E-state index is 0.143. The number of benzene rings is 2. The molecule has 2 aromatic rings. The van der Waals surface area contributed by atoms with Crippen LogP contribution in [0.1, 0.15) is 17.2 Å². The first-order chi connectivity index (χ1) is 12.7. The molecule has 3 nitrogen and oxygen atoms in total. The molecule has 138 valence electrons. The average Bonchev–Trinajstić information content (AvgIpc) is 2.80. The highest BCUT2D eigenvalue weighted by Gasteiger charge is 2.31. The maximum absolute atomic E-state index is 14.6. The lowest BCUT2D eigenvalue weighted by Gasteiger charge is -2.39. The van der Waals surface area contributed by atoms with E-state index in [0.29, 0.717) is 0 Å². The minimum Gasteiger partial charge on any atom is -0.395 e. The van der Waals surface area contributed by atoms with E-state index in [9.17, 15) is 4.39 Å². The van der Waals surface area contributed by atoms with Gasteiger partial charge in [0.25, 0.3) is 0 Å². The Kier molecular flexibility index (Phi) is 5.53. The van der Waals surface area contributed by atoms with Crippen molar-refractivity contribution in [1.82, 2.24) is 9.80 Å². The van der Waals surface area contributed by atoms with Crippen LogP contribution in [-0.4, -0.2) is 54.2 Å². The van der Waals surface area contributed by atoms with Gasteiger partial charge in [-0.25, -0.2) is 4.39 Å². The van der Waals surface area contributed by atoms with Gasteiger partial charge in [-0.3, -0.25) is 9.80 Å². The lowest BCUT2D eigenvalue weighted by Crippen LogP contribution is -2.48. The molecule has 1 N–H and O–H groups in total. The third-order valence-corrected chi connectivity index (χ3v) is 6.76. The smallest absolute Gasteiger partial charge is 0.137 e. The van der Waals surface area contributed by atoms with Crippen molar-refractivity contribution in [1.29, 1.82) is 0 Å². The van der Waals surface area contributed by atoms with Gasteiger partial charge in [-0.15, -0.1) is 0 Å². The van der Waals surface area contributed by atoms with Crippen LogP contribution in [0.2, 0.25) is 5.02 Å². The number of halogens is 2. The fourth-order valence-corrected chi connectivity index (χ4v) is 5.21. The molecule has 0 aromatic heterocycles. The summed E-state index contributed by atoms with van der Waals surface area (Å²) in [7, 11) is 0. The lowest BCUT2D eigenvalue weighted by atomic mass is 9.96. The number of aliphatic hydroxyl groups is 1. The summed E-state index contributed by atoms with van der Waals surface area (Å²) in [5, 5.41) is 9.88. The molecule has 26 heavy (non-hydrogen) atoms. The molecule has 2 aliphatic rings. The largest absolute Gasteiger partial charge is 0.395 e.